The Morgan fingerprint density at radius 3 is 2.74 bits per heavy atom. The zero-order chi connectivity index (χ0) is 29.8. The minimum absolute atomic E-state index is 0. The molecular formula is C30H34ClFN6O4S. The summed E-state index contributed by atoms with van der Waals surface area (Å²) in [4.78, 5) is 18.0. The average Bonchev–Trinajstić information content (AvgIpc) is 3.30. The summed E-state index contributed by atoms with van der Waals surface area (Å²) in [5, 5.41) is 18.6. The van der Waals surface area contributed by atoms with E-state index in [2.05, 4.69) is 15.2 Å². The van der Waals surface area contributed by atoms with Gasteiger partial charge in [0.25, 0.3) is 0 Å². The summed E-state index contributed by atoms with van der Waals surface area (Å²) in [5.74, 6) is -1.25. The van der Waals surface area contributed by atoms with Crippen molar-refractivity contribution in [1.82, 2.24) is 23.9 Å². The molecule has 2 aliphatic heterocycles. The Hall–Kier alpha value is -3.61. The molecular weight excluding hydrogens is 595 g/mol. The largest absolute Gasteiger partial charge is 0.481 e. The summed E-state index contributed by atoms with van der Waals surface area (Å²) in [6.07, 6.45) is 5.31. The zero-order valence-electron chi connectivity index (χ0n) is 23.2. The number of fused-ring (bicyclic) bond motifs is 4. The van der Waals surface area contributed by atoms with Gasteiger partial charge in [-0.15, -0.1) is 10.2 Å². The Morgan fingerprint density at radius 1 is 1.19 bits per heavy atom. The van der Waals surface area contributed by atoms with Gasteiger partial charge in [0, 0.05) is 42.8 Å². The first-order valence-corrected chi connectivity index (χ1v) is 15.6. The van der Waals surface area contributed by atoms with Crippen LogP contribution in [0.5, 0.6) is 0 Å². The molecule has 2 aliphatic rings. The average molecular weight is 629 g/mol. The number of anilines is 1. The van der Waals surface area contributed by atoms with Gasteiger partial charge in [0.05, 0.1) is 12.6 Å². The molecule has 3 aromatic heterocycles. The topological polar surface area (TPSA) is 121 Å². The van der Waals surface area contributed by atoms with Crippen molar-refractivity contribution >= 4 is 39.1 Å². The van der Waals surface area contributed by atoms with Crippen LogP contribution in [0, 0.1) is 19.7 Å². The molecule has 1 fully saturated rings. The van der Waals surface area contributed by atoms with Gasteiger partial charge in [0.15, 0.2) is 5.65 Å². The van der Waals surface area contributed by atoms with E-state index in [1.54, 1.807) is 18.2 Å². The highest BCUT2D eigenvalue weighted by Crippen LogP contribution is 2.38. The molecule has 228 valence electrons. The standard InChI is InChI=1S/C29H30ClFN6O4S.CH4/c1-17-23(8-10-36-18(2)33-34-28(17)36)24(13-27(38)39)19-6-7-25(30)20(11-19)15-35-16-22-5-3-4-9-37(22)29-26(42(35,40)41)12-21(31)14-32-29;/h6-8,10-12,14,22,24H,3-5,9,13,15-16H2,1-2H3,(H,38,39);1H4. The lowest BCUT2D eigenvalue weighted by atomic mass is 9.86. The first-order valence-electron chi connectivity index (χ1n) is 13.8. The molecule has 13 heteroatoms. The van der Waals surface area contributed by atoms with Crippen LogP contribution in [0.3, 0.4) is 0 Å². The molecule has 0 spiro atoms. The smallest absolute Gasteiger partial charge is 0.304 e. The number of hydrogen-bond donors (Lipinski definition) is 1. The van der Waals surface area contributed by atoms with Crippen LogP contribution in [0.4, 0.5) is 10.2 Å². The molecule has 0 amide bonds. The summed E-state index contributed by atoms with van der Waals surface area (Å²) in [6, 6.07) is 8.01. The van der Waals surface area contributed by atoms with Gasteiger partial charge in [-0.1, -0.05) is 31.2 Å². The number of aromatic nitrogens is 4. The lowest BCUT2D eigenvalue weighted by molar-refractivity contribution is -0.137. The number of aliphatic carboxylic acids is 1. The number of rotatable bonds is 6. The van der Waals surface area contributed by atoms with E-state index in [1.165, 1.54) is 4.31 Å². The number of hydrogen-bond acceptors (Lipinski definition) is 7. The lowest BCUT2D eigenvalue weighted by Crippen LogP contribution is -2.45. The van der Waals surface area contributed by atoms with Crippen LogP contribution in [0.1, 0.15) is 67.1 Å². The highest BCUT2D eigenvalue weighted by Gasteiger charge is 2.40. The van der Waals surface area contributed by atoms with Crippen molar-refractivity contribution < 1.29 is 22.7 Å². The first kappa shape index (κ1) is 30.8. The number of sulfonamides is 1. The number of nitrogens with zero attached hydrogens (tertiary/aromatic N) is 6. The number of benzene rings is 1. The van der Waals surface area contributed by atoms with Crippen LogP contribution < -0.4 is 4.90 Å². The minimum atomic E-state index is -4.13. The van der Waals surface area contributed by atoms with Gasteiger partial charge in [0.1, 0.15) is 22.4 Å². The van der Waals surface area contributed by atoms with Crippen molar-refractivity contribution in [2.75, 3.05) is 18.0 Å². The fourth-order valence-corrected chi connectivity index (χ4v) is 8.00. The van der Waals surface area contributed by atoms with E-state index < -0.39 is 27.7 Å². The molecule has 0 aliphatic carbocycles. The van der Waals surface area contributed by atoms with Crippen LogP contribution >= 0.6 is 11.6 Å². The predicted octanol–water partition coefficient (Wildman–Crippen LogP) is 5.34. The van der Waals surface area contributed by atoms with Gasteiger partial charge < -0.3 is 10.0 Å². The molecule has 0 radical (unpaired) electrons. The molecule has 0 bridgehead atoms. The summed E-state index contributed by atoms with van der Waals surface area (Å²) in [6.45, 7) is 4.50. The van der Waals surface area contributed by atoms with E-state index in [0.29, 0.717) is 28.3 Å². The molecule has 4 aromatic rings. The van der Waals surface area contributed by atoms with Gasteiger partial charge in [-0.2, -0.15) is 4.31 Å². The van der Waals surface area contributed by atoms with E-state index in [9.17, 15) is 22.7 Å². The molecule has 1 saturated heterocycles. The maximum atomic E-state index is 14.3. The second-order valence-electron chi connectivity index (χ2n) is 11.0. The van der Waals surface area contributed by atoms with Crippen molar-refractivity contribution in [1.29, 1.82) is 0 Å². The normalized spacial score (nSPS) is 18.8. The van der Waals surface area contributed by atoms with Gasteiger partial charge in [-0.25, -0.2) is 17.8 Å². The fourth-order valence-electron chi connectivity index (χ4n) is 6.20. The molecule has 6 rings (SSSR count). The van der Waals surface area contributed by atoms with Gasteiger partial charge >= 0.3 is 5.97 Å². The minimum Gasteiger partial charge on any atom is -0.481 e. The molecule has 1 aromatic carbocycles. The molecule has 1 N–H and O–H groups in total. The Morgan fingerprint density at radius 2 is 1.98 bits per heavy atom. The summed E-state index contributed by atoms with van der Waals surface area (Å²) in [7, 11) is -4.13. The van der Waals surface area contributed by atoms with Crippen molar-refractivity contribution in [3.8, 4) is 0 Å². The summed E-state index contributed by atoms with van der Waals surface area (Å²) >= 11 is 6.64. The SMILES string of the molecule is C.Cc1c(C(CC(=O)O)c2ccc(Cl)c(CN3CC4CCCCN4c4ncc(F)cc4S3(=O)=O)c2)ccn2c(C)nnc12. The number of pyridine rings is 2. The monoisotopic (exact) mass is 628 g/mol. The van der Waals surface area contributed by atoms with E-state index >= 15 is 0 Å². The Balaban J connectivity index is 0.00000368. The Labute approximate surface area is 255 Å². The van der Waals surface area contributed by atoms with Gasteiger partial charge in [-0.3, -0.25) is 9.20 Å². The van der Waals surface area contributed by atoms with Crippen molar-refractivity contribution in [2.24, 2.45) is 0 Å². The van der Waals surface area contributed by atoms with Crippen LogP contribution in [0.15, 0.2) is 47.6 Å². The third kappa shape index (κ3) is 5.59. The second-order valence-corrected chi connectivity index (χ2v) is 13.3. The quantitative estimate of drug-likeness (QED) is 0.304. The third-order valence-electron chi connectivity index (χ3n) is 8.34. The number of carboxylic acids is 1. The van der Waals surface area contributed by atoms with Crippen molar-refractivity contribution in [3.05, 3.63) is 81.6 Å². The van der Waals surface area contributed by atoms with Crippen LogP contribution in [-0.2, 0) is 21.4 Å². The van der Waals surface area contributed by atoms with Crippen LogP contribution in [-0.4, -0.2) is 62.5 Å². The number of carbonyl (C=O) groups is 1. The Bertz CT molecular complexity index is 1810. The summed E-state index contributed by atoms with van der Waals surface area (Å²) in [5.41, 5.74) is 3.43. The maximum Gasteiger partial charge on any atom is 0.304 e. The van der Waals surface area contributed by atoms with E-state index in [4.69, 9.17) is 11.6 Å². The lowest BCUT2D eigenvalue weighted by Gasteiger charge is -2.36. The van der Waals surface area contributed by atoms with Crippen molar-refractivity contribution in [3.63, 3.8) is 0 Å². The molecule has 2 unspecified atom stereocenters. The van der Waals surface area contributed by atoms with Gasteiger partial charge in [-0.05, 0) is 73.6 Å². The molecule has 5 heterocycles. The van der Waals surface area contributed by atoms with Gasteiger partial charge in [0.2, 0.25) is 10.0 Å². The second kappa shape index (κ2) is 11.8. The van der Waals surface area contributed by atoms with Crippen molar-refractivity contribution in [2.45, 2.75) is 70.4 Å². The predicted molar refractivity (Wildman–Crippen MR) is 162 cm³/mol. The van der Waals surface area contributed by atoms with Crippen LogP contribution in [0.25, 0.3) is 5.65 Å². The van der Waals surface area contributed by atoms with E-state index in [-0.39, 0.29) is 43.7 Å². The molecule has 2 atom stereocenters. The molecule has 43 heavy (non-hydrogen) atoms. The maximum absolute atomic E-state index is 14.3. The van der Waals surface area contributed by atoms with E-state index in [0.717, 1.165) is 48.5 Å². The van der Waals surface area contributed by atoms with Crippen LogP contribution in [0.2, 0.25) is 5.02 Å². The molecule has 0 saturated carbocycles. The summed E-state index contributed by atoms with van der Waals surface area (Å²) < 4.78 is 45.4. The highest BCUT2D eigenvalue weighted by molar-refractivity contribution is 7.89. The highest BCUT2D eigenvalue weighted by atomic mass is 35.5. The van der Waals surface area contributed by atoms with E-state index in [1.807, 2.05) is 35.4 Å². The third-order valence-corrected chi connectivity index (χ3v) is 10.5. The number of piperidine rings is 1. The zero-order valence-corrected chi connectivity index (χ0v) is 24.7. The molecule has 10 nitrogen and oxygen atoms in total. The Kier molecular flexibility index (Phi) is 8.47. The number of aryl methyl sites for hydroxylation is 2. The first-order chi connectivity index (χ1) is 20.0. The fraction of sp³-hybridized carbons (Fsp3) is 0.400. The number of halogens is 2. The number of carboxylic acid groups (broad SMARTS) is 1.